The van der Waals surface area contributed by atoms with Gasteiger partial charge < -0.3 is 13.6 Å². The molecule has 0 fully saturated rings. The minimum Gasteiger partial charge on any atom is -0.386 e. The Kier molecular flexibility index (Phi) is 4.08. The van der Waals surface area contributed by atoms with Crippen LogP contribution in [0, 0.1) is 0 Å². The van der Waals surface area contributed by atoms with Crippen LogP contribution in [0.4, 0.5) is 13.2 Å². The van der Waals surface area contributed by atoms with Gasteiger partial charge in [0.25, 0.3) is 0 Å². The Morgan fingerprint density at radius 3 is 2.25 bits per heavy atom. The molecular formula is C9H11F3O3Si. The SMILES string of the molecule is CO[Si](O)(OCC(F)(F)F)c1ccccc1. The Bertz CT molecular complexity index is 331. The molecule has 0 aliphatic heterocycles. The molecule has 0 amide bonds. The molecule has 1 N–H and O–H groups in total. The third kappa shape index (κ3) is 3.60. The fraction of sp³-hybridized carbons (Fsp3) is 0.333. The van der Waals surface area contributed by atoms with E-state index in [2.05, 4.69) is 4.43 Å². The highest BCUT2D eigenvalue weighted by Crippen LogP contribution is 2.17. The molecule has 0 bridgehead atoms. The van der Waals surface area contributed by atoms with Crippen LogP contribution in [0.1, 0.15) is 0 Å². The van der Waals surface area contributed by atoms with E-state index in [1.807, 2.05) is 0 Å². The summed E-state index contributed by atoms with van der Waals surface area (Å²) in [5, 5.41) is 0.238. The van der Waals surface area contributed by atoms with Gasteiger partial charge in [-0.05, 0) is 0 Å². The first-order valence-electron chi connectivity index (χ1n) is 4.41. The molecule has 0 aromatic heterocycles. The summed E-state index contributed by atoms with van der Waals surface area (Å²) in [5.74, 6) is 0. The highest BCUT2D eigenvalue weighted by Gasteiger charge is 2.42. The third-order valence-corrected chi connectivity index (χ3v) is 4.00. The van der Waals surface area contributed by atoms with Crippen LogP contribution in [-0.4, -0.2) is 33.5 Å². The van der Waals surface area contributed by atoms with Crippen molar-refractivity contribution in [3.05, 3.63) is 30.3 Å². The molecule has 1 atom stereocenters. The lowest BCUT2D eigenvalue weighted by Gasteiger charge is -2.22. The molecule has 90 valence electrons. The molecule has 0 heterocycles. The van der Waals surface area contributed by atoms with E-state index in [1.54, 1.807) is 18.2 Å². The zero-order valence-electron chi connectivity index (χ0n) is 8.49. The maximum absolute atomic E-state index is 12.0. The van der Waals surface area contributed by atoms with E-state index in [0.717, 1.165) is 7.11 Å². The minimum atomic E-state index is -4.49. The molecule has 1 aromatic rings. The summed E-state index contributed by atoms with van der Waals surface area (Å²) in [6.07, 6.45) is -4.49. The second-order valence-corrected chi connectivity index (χ2v) is 5.49. The van der Waals surface area contributed by atoms with Gasteiger partial charge in [-0.2, -0.15) is 13.2 Å². The standard InChI is InChI=1S/C9H11F3O3Si/c1-14-16(13,15-7-9(10,11)12)8-5-3-2-4-6-8/h2-6,13H,7H2,1H3. The molecule has 0 aliphatic carbocycles. The lowest BCUT2D eigenvalue weighted by Crippen LogP contribution is -2.54. The van der Waals surface area contributed by atoms with Gasteiger partial charge >= 0.3 is 15.0 Å². The van der Waals surface area contributed by atoms with Gasteiger partial charge in [-0.15, -0.1) is 0 Å². The number of alkyl halides is 3. The van der Waals surface area contributed by atoms with Crippen LogP contribution >= 0.6 is 0 Å². The van der Waals surface area contributed by atoms with Gasteiger partial charge in [0.1, 0.15) is 6.61 Å². The van der Waals surface area contributed by atoms with Gasteiger partial charge in [0.05, 0.1) is 0 Å². The molecule has 0 saturated heterocycles. The van der Waals surface area contributed by atoms with Crippen molar-refractivity contribution in [2.75, 3.05) is 13.7 Å². The molecule has 3 nitrogen and oxygen atoms in total. The Hall–Kier alpha value is -0.893. The lowest BCUT2D eigenvalue weighted by atomic mass is 10.4. The Balaban J connectivity index is 2.79. The van der Waals surface area contributed by atoms with E-state index < -0.39 is 21.6 Å². The van der Waals surface area contributed by atoms with E-state index in [9.17, 15) is 18.0 Å². The van der Waals surface area contributed by atoms with Crippen molar-refractivity contribution in [3.8, 4) is 0 Å². The molecule has 0 spiro atoms. The van der Waals surface area contributed by atoms with Crippen molar-refractivity contribution in [3.63, 3.8) is 0 Å². The highest BCUT2D eigenvalue weighted by atomic mass is 28.4. The Morgan fingerprint density at radius 2 is 1.81 bits per heavy atom. The second kappa shape index (κ2) is 4.96. The molecule has 1 aromatic carbocycles. The Morgan fingerprint density at radius 1 is 1.25 bits per heavy atom. The molecule has 0 radical (unpaired) electrons. The maximum atomic E-state index is 12.0. The fourth-order valence-electron chi connectivity index (χ4n) is 1.09. The quantitative estimate of drug-likeness (QED) is 0.814. The maximum Gasteiger partial charge on any atom is 0.534 e. The summed E-state index contributed by atoms with van der Waals surface area (Å²) in [4.78, 5) is 9.85. The first-order valence-corrected chi connectivity index (χ1v) is 6.17. The van der Waals surface area contributed by atoms with Crippen molar-refractivity contribution in [1.29, 1.82) is 0 Å². The summed E-state index contributed by atoms with van der Waals surface area (Å²) in [7, 11) is -2.81. The summed E-state index contributed by atoms with van der Waals surface area (Å²) in [5.41, 5.74) is 0. The van der Waals surface area contributed by atoms with Crippen molar-refractivity contribution in [1.82, 2.24) is 0 Å². The normalized spacial score (nSPS) is 15.8. The van der Waals surface area contributed by atoms with Crippen LogP contribution in [0.15, 0.2) is 30.3 Å². The topological polar surface area (TPSA) is 38.7 Å². The molecule has 1 unspecified atom stereocenters. The van der Waals surface area contributed by atoms with Gasteiger partial charge in [0.2, 0.25) is 0 Å². The first kappa shape index (κ1) is 13.2. The summed E-state index contributed by atoms with van der Waals surface area (Å²) >= 11 is 0. The van der Waals surface area contributed by atoms with Crippen molar-refractivity contribution >= 4 is 14.0 Å². The van der Waals surface area contributed by atoms with E-state index in [4.69, 9.17) is 4.43 Å². The van der Waals surface area contributed by atoms with Crippen molar-refractivity contribution < 1.29 is 26.8 Å². The van der Waals surface area contributed by atoms with Crippen LogP contribution < -0.4 is 5.19 Å². The molecule has 0 aliphatic rings. The van der Waals surface area contributed by atoms with E-state index in [-0.39, 0.29) is 5.19 Å². The van der Waals surface area contributed by atoms with Crippen LogP contribution in [0.5, 0.6) is 0 Å². The van der Waals surface area contributed by atoms with Gasteiger partial charge in [-0.3, -0.25) is 0 Å². The average Bonchev–Trinajstić information content (AvgIpc) is 2.26. The van der Waals surface area contributed by atoms with Crippen LogP contribution in [0.2, 0.25) is 0 Å². The molecule has 1 rings (SSSR count). The Labute approximate surface area is 91.8 Å². The predicted octanol–water partition coefficient (Wildman–Crippen LogP) is 1.05. The monoisotopic (exact) mass is 252 g/mol. The van der Waals surface area contributed by atoms with Crippen molar-refractivity contribution in [2.24, 2.45) is 0 Å². The number of hydrogen-bond donors (Lipinski definition) is 1. The summed E-state index contributed by atoms with van der Waals surface area (Å²) in [6, 6.07) is 7.78. The van der Waals surface area contributed by atoms with E-state index in [1.165, 1.54) is 12.1 Å². The van der Waals surface area contributed by atoms with Crippen LogP contribution in [0.25, 0.3) is 0 Å². The van der Waals surface area contributed by atoms with Crippen LogP contribution in [0.3, 0.4) is 0 Å². The first-order chi connectivity index (χ1) is 7.37. The summed E-state index contributed by atoms with van der Waals surface area (Å²) < 4.78 is 45.1. The summed E-state index contributed by atoms with van der Waals surface area (Å²) in [6.45, 7) is -1.53. The smallest absolute Gasteiger partial charge is 0.386 e. The predicted molar refractivity (Wildman–Crippen MR) is 53.1 cm³/mol. The van der Waals surface area contributed by atoms with Gasteiger partial charge in [-0.25, -0.2) is 0 Å². The van der Waals surface area contributed by atoms with Gasteiger partial charge in [0.15, 0.2) is 0 Å². The van der Waals surface area contributed by atoms with E-state index >= 15 is 0 Å². The third-order valence-electron chi connectivity index (χ3n) is 1.85. The van der Waals surface area contributed by atoms with Gasteiger partial charge in [0, 0.05) is 12.3 Å². The lowest BCUT2D eigenvalue weighted by molar-refractivity contribution is -0.161. The fourth-order valence-corrected chi connectivity index (χ4v) is 2.58. The molecule has 7 heteroatoms. The van der Waals surface area contributed by atoms with E-state index in [0.29, 0.717) is 0 Å². The molecule has 0 saturated carbocycles. The zero-order valence-corrected chi connectivity index (χ0v) is 9.49. The number of halogens is 3. The minimum absolute atomic E-state index is 0.238. The van der Waals surface area contributed by atoms with Crippen LogP contribution in [-0.2, 0) is 8.85 Å². The number of benzene rings is 1. The van der Waals surface area contributed by atoms with Crippen molar-refractivity contribution in [2.45, 2.75) is 6.18 Å². The highest BCUT2D eigenvalue weighted by molar-refractivity contribution is 6.74. The van der Waals surface area contributed by atoms with Gasteiger partial charge in [-0.1, -0.05) is 30.3 Å². The average molecular weight is 252 g/mol. The zero-order chi connectivity index (χ0) is 12.2. The second-order valence-electron chi connectivity index (χ2n) is 3.06. The number of hydrogen-bond acceptors (Lipinski definition) is 3. The molecular weight excluding hydrogens is 241 g/mol. The largest absolute Gasteiger partial charge is 0.534 e. The number of rotatable bonds is 4. The molecule has 16 heavy (non-hydrogen) atoms.